The van der Waals surface area contributed by atoms with Gasteiger partial charge in [-0.25, -0.2) is 9.97 Å². The Kier molecular flexibility index (Phi) is 5.59. The molecule has 0 spiro atoms. The van der Waals surface area contributed by atoms with E-state index in [9.17, 15) is 4.79 Å². The number of carbonyl (C=O) groups is 1. The summed E-state index contributed by atoms with van der Waals surface area (Å²) in [5, 5.41) is 1.42. The van der Waals surface area contributed by atoms with Gasteiger partial charge in [0, 0.05) is 18.6 Å². The minimum absolute atomic E-state index is 0.140. The van der Waals surface area contributed by atoms with Crippen LogP contribution in [0, 0.1) is 6.92 Å². The molecular weight excluding hydrogens is 373 g/mol. The van der Waals surface area contributed by atoms with Crippen molar-refractivity contribution >= 4 is 40.0 Å². The summed E-state index contributed by atoms with van der Waals surface area (Å²) in [5.74, 6) is 0.116. The van der Waals surface area contributed by atoms with E-state index in [1.807, 2.05) is 31.2 Å². The van der Waals surface area contributed by atoms with E-state index in [2.05, 4.69) is 9.97 Å². The van der Waals surface area contributed by atoms with E-state index in [1.165, 1.54) is 6.33 Å². The average molecular weight is 390 g/mol. The number of aryl methyl sites for hydroxylation is 1. The van der Waals surface area contributed by atoms with E-state index in [0.717, 1.165) is 11.1 Å². The van der Waals surface area contributed by atoms with Crippen LogP contribution in [0.1, 0.15) is 11.1 Å². The van der Waals surface area contributed by atoms with Crippen LogP contribution in [0.2, 0.25) is 10.0 Å². The first kappa shape index (κ1) is 18.4. The van der Waals surface area contributed by atoms with Crippen molar-refractivity contribution in [3.05, 3.63) is 63.9 Å². The molecule has 0 fully saturated rings. The van der Waals surface area contributed by atoms with Crippen molar-refractivity contribution in [1.29, 1.82) is 0 Å². The molecule has 3 aromatic rings. The molecule has 0 radical (unpaired) electrons. The molecule has 26 heavy (non-hydrogen) atoms. The lowest BCUT2D eigenvalue weighted by Crippen LogP contribution is -2.31. The molecule has 0 N–H and O–H groups in total. The summed E-state index contributed by atoms with van der Waals surface area (Å²) in [7, 11) is 1.74. The molecule has 0 aliphatic rings. The zero-order chi connectivity index (χ0) is 18.7. The molecule has 134 valence electrons. The van der Waals surface area contributed by atoms with E-state index < -0.39 is 0 Å². The number of amides is 1. The second-order valence-electron chi connectivity index (χ2n) is 5.93. The molecule has 0 saturated heterocycles. The van der Waals surface area contributed by atoms with E-state index in [4.69, 9.17) is 27.9 Å². The third-order valence-corrected chi connectivity index (χ3v) is 4.55. The average Bonchev–Trinajstić information content (AvgIpc) is 2.61. The Hall–Kier alpha value is -2.37. The molecule has 0 saturated carbocycles. The number of benzene rings is 2. The molecular formula is C19H17Cl2N3O2. The number of aromatic nitrogens is 2. The van der Waals surface area contributed by atoms with Crippen LogP contribution in [0.5, 0.6) is 5.88 Å². The van der Waals surface area contributed by atoms with Crippen LogP contribution < -0.4 is 4.74 Å². The first-order chi connectivity index (χ1) is 12.5. The van der Waals surface area contributed by atoms with Crippen LogP contribution in [0.3, 0.4) is 0 Å². The maximum Gasteiger partial charge on any atom is 0.260 e. The van der Waals surface area contributed by atoms with Gasteiger partial charge < -0.3 is 9.64 Å². The van der Waals surface area contributed by atoms with Crippen LogP contribution >= 0.6 is 23.2 Å². The minimum Gasteiger partial charge on any atom is -0.467 e. The summed E-state index contributed by atoms with van der Waals surface area (Å²) in [4.78, 5) is 22.3. The fourth-order valence-corrected chi connectivity index (χ4v) is 3.10. The second kappa shape index (κ2) is 7.89. The number of fused-ring (bicyclic) bond motifs is 1. The molecule has 0 atom stereocenters. The highest BCUT2D eigenvalue weighted by Gasteiger charge is 2.14. The van der Waals surface area contributed by atoms with Crippen LogP contribution in [-0.4, -0.2) is 34.4 Å². The Bertz CT molecular complexity index is 963. The molecule has 1 aromatic heterocycles. The first-order valence-corrected chi connectivity index (χ1v) is 8.72. The first-order valence-electron chi connectivity index (χ1n) is 7.96. The third-order valence-electron chi connectivity index (χ3n) is 4.05. The zero-order valence-electron chi connectivity index (χ0n) is 14.4. The SMILES string of the molecule is Cc1ccccc1CN(C)C(=O)COc1ncnc2c(Cl)cc(Cl)cc12. The normalized spacial score (nSPS) is 10.8. The highest BCUT2D eigenvalue weighted by atomic mass is 35.5. The fourth-order valence-electron chi connectivity index (χ4n) is 2.56. The third kappa shape index (κ3) is 4.06. The number of halogens is 2. The Balaban J connectivity index is 1.72. The number of likely N-dealkylation sites (N-methyl/N-ethyl adjacent to an activating group) is 1. The number of hydrogen-bond acceptors (Lipinski definition) is 4. The van der Waals surface area contributed by atoms with Crippen molar-refractivity contribution in [2.75, 3.05) is 13.7 Å². The van der Waals surface area contributed by atoms with Gasteiger partial charge in [-0.3, -0.25) is 4.79 Å². The van der Waals surface area contributed by atoms with Gasteiger partial charge in [0.2, 0.25) is 5.88 Å². The van der Waals surface area contributed by atoms with Gasteiger partial charge in [-0.15, -0.1) is 0 Å². The van der Waals surface area contributed by atoms with Crippen molar-refractivity contribution in [3.63, 3.8) is 0 Å². The molecule has 3 rings (SSSR count). The predicted octanol–water partition coefficient (Wildman–Crippen LogP) is 4.28. The lowest BCUT2D eigenvalue weighted by atomic mass is 10.1. The van der Waals surface area contributed by atoms with Gasteiger partial charge in [0.05, 0.1) is 15.9 Å². The molecule has 5 nitrogen and oxygen atoms in total. The quantitative estimate of drug-likeness (QED) is 0.653. The smallest absolute Gasteiger partial charge is 0.260 e. The second-order valence-corrected chi connectivity index (χ2v) is 6.77. The monoisotopic (exact) mass is 389 g/mol. The maximum atomic E-state index is 12.4. The Morgan fingerprint density at radius 1 is 1.19 bits per heavy atom. The summed E-state index contributed by atoms with van der Waals surface area (Å²) >= 11 is 12.2. The van der Waals surface area contributed by atoms with Crippen molar-refractivity contribution in [3.8, 4) is 5.88 Å². The summed E-state index contributed by atoms with van der Waals surface area (Å²) < 4.78 is 5.62. The lowest BCUT2D eigenvalue weighted by molar-refractivity contribution is -0.132. The van der Waals surface area contributed by atoms with Crippen LogP contribution in [0.25, 0.3) is 10.9 Å². The number of ether oxygens (including phenoxy) is 1. The van der Waals surface area contributed by atoms with Crippen molar-refractivity contribution in [2.45, 2.75) is 13.5 Å². The Labute approximate surface area is 161 Å². The Morgan fingerprint density at radius 2 is 1.96 bits per heavy atom. The lowest BCUT2D eigenvalue weighted by Gasteiger charge is -2.18. The van der Waals surface area contributed by atoms with Gasteiger partial charge >= 0.3 is 0 Å². The van der Waals surface area contributed by atoms with Crippen LogP contribution in [0.15, 0.2) is 42.7 Å². The topological polar surface area (TPSA) is 55.3 Å². The van der Waals surface area contributed by atoms with Gasteiger partial charge in [0.1, 0.15) is 6.33 Å². The van der Waals surface area contributed by atoms with E-state index in [0.29, 0.717) is 27.5 Å². The molecule has 2 aromatic carbocycles. The number of carbonyl (C=O) groups excluding carboxylic acids is 1. The van der Waals surface area contributed by atoms with Crippen molar-refractivity contribution < 1.29 is 9.53 Å². The van der Waals surface area contributed by atoms with Gasteiger partial charge in [0.25, 0.3) is 5.91 Å². The molecule has 0 bridgehead atoms. The zero-order valence-corrected chi connectivity index (χ0v) is 15.9. The number of nitrogens with zero attached hydrogens (tertiary/aromatic N) is 3. The molecule has 1 amide bonds. The number of hydrogen-bond donors (Lipinski definition) is 0. The number of rotatable bonds is 5. The summed E-state index contributed by atoms with van der Waals surface area (Å²) in [6, 6.07) is 11.2. The molecule has 0 aliphatic carbocycles. The molecule has 0 aliphatic heterocycles. The summed E-state index contributed by atoms with van der Waals surface area (Å²) in [5.41, 5.74) is 2.76. The van der Waals surface area contributed by atoms with Gasteiger partial charge in [-0.05, 0) is 30.2 Å². The molecule has 1 heterocycles. The maximum absolute atomic E-state index is 12.4. The minimum atomic E-state index is -0.159. The summed E-state index contributed by atoms with van der Waals surface area (Å²) in [6.45, 7) is 2.39. The van der Waals surface area contributed by atoms with Gasteiger partial charge in [-0.2, -0.15) is 0 Å². The van der Waals surface area contributed by atoms with Crippen molar-refractivity contribution in [2.24, 2.45) is 0 Å². The molecule has 0 unspecified atom stereocenters. The summed E-state index contributed by atoms with van der Waals surface area (Å²) in [6.07, 6.45) is 1.35. The van der Waals surface area contributed by atoms with Gasteiger partial charge in [0.15, 0.2) is 6.61 Å². The standard InChI is InChI=1S/C19H17Cl2N3O2/c1-12-5-3-4-6-13(12)9-24(2)17(25)10-26-19-15-7-14(20)8-16(21)18(15)22-11-23-19/h3-8,11H,9-10H2,1-2H3. The molecule has 7 heteroatoms. The highest BCUT2D eigenvalue weighted by molar-refractivity contribution is 6.38. The fraction of sp³-hybridized carbons (Fsp3) is 0.211. The predicted molar refractivity (Wildman–Crippen MR) is 103 cm³/mol. The van der Waals surface area contributed by atoms with Gasteiger partial charge in [-0.1, -0.05) is 47.5 Å². The highest BCUT2D eigenvalue weighted by Crippen LogP contribution is 2.30. The van der Waals surface area contributed by atoms with E-state index >= 15 is 0 Å². The van der Waals surface area contributed by atoms with Crippen LogP contribution in [0.4, 0.5) is 0 Å². The Morgan fingerprint density at radius 3 is 2.73 bits per heavy atom. The van der Waals surface area contributed by atoms with E-state index in [-0.39, 0.29) is 18.4 Å². The van der Waals surface area contributed by atoms with Crippen molar-refractivity contribution in [1.82, 2.24) is 14.9 Å². The largest absolute Gasteiger partial charge is 0.467 e. The van der Waals surface area contributed by atoms with Crippen LogP contribution in [-0.2, 0) is 11.3 Å². The van der Waals surface area contributed by atoms with E-state index in [1.54, 1.807) is 24.1 Å².